The van der Waals surface area contributed by atoms with Crippen molar-refractivity contribution in [2.24, 2.45) is 0 Å². The van der Waals surface area contributed by atoms with Crippen LogP contribution in [0.3, 0.4) is 0 Å². The minimum Gasteiger partial charge on any atom is -0.290 e. The fraction of sp³-hybridized carbons (Fsp3) is 0.455. The highest BCUT2D eigenvalue weighted by molar-refractivity contribution is 6.19. The Morgan fingerprint density at radius 2 is 1.92 bits per heavy atom. The second-order valence-corrected chi connectivity index (χ2v) is 3.33. The first-order valence-corrected chi connectivity index (χ1v) is 4.62. The fourth-order valence-corrected chi connectivity index (χ4v) is 1.36. The van der Waals surface area contributed by atoms with Crippen molar-refractivity contribution in [3.05, 3.63) is 23.3 Å². The number of allylic oxidation sites excluding steroid dienone is 4. The summed E-state index contributed by atoms with van der Waals surface area (Å²) >= 11 is 0. The quantitative estimate of drug-likeness (QED) is 0.621. The number of ketones is 2. The fourth-order valence-electron chi connectivity index (χ4n) is 1.36. The summed E-state index contributed by atoms with van der Waals surface area (Å²) in [4.78, 5) is 22.6. The van der Waals surface area contributed by atoms with E-state index in [9.17, 15) is 9.59 Å². The summed E-state index contributed by atoms with van der Waals surface area (Å²) in [6.07, 6.45) is 5.61. The Hall–Kier alpha value is -1.18. The highest BCUT2D eigenvalue weighted by Crippen LogP contribution is 2.17. The maximum atomic E-state index is 11.5. The van der Waals surface area contributed by atoms with E-state index in [1.807, 2.05) is 0 Å². The van der Waals surface area contributed by atoms with Crippen molar-refractivity contribution in [1.82, 2.24) is 0 Å². The topological polar surface area (TPSA) is 34.1 Å². The van der Waals surface area contributed by atoms with E-state index in [0.29, 0.717) is 11.1 Å². The van der Waals surface area contributed by atoms with Crippen molar-refractivity contribution in [1.29, 1.82) is 0 Å². The lowest BCUT2D eigenvalue weighted by Crippen LogP contribution is -2.12. The number of carbonyl (C=O) groups is 2. The number of unbranched alkanes of at least 4 members (excludes halogenated alkanes) is 1. The third-order valence-corrected chi connectivity index (χ3v) is 2.12. The van der Waals surface area contributed by atoms with Gasteiger partial charge in [0.1, 0.15) is 0 Å². The van der Waals surface area contributed by atoms with Gasteiger partial charge in [-0.2, -0.15) is 0 Å². The molecule has 0 bridgehead atoms. The molecule has 1 aliphatic rings. The lowest BCUT2D eigenvalue weighted by molar-refractivity contribution is -0.115. The molecule has 0 fully saturated rings. The van der Waals surface area contributed by atoms with Gasteiger partial charge in [-0.1, -0.05) is 13.3 Å². The van der Waals surface area contributed by atoms with Crippen LogP contribution in [0.25, 0.3) is 0 Å². The maximum Gasteiger partial charge on any atom is 0.184 e. The summed E-state index contributed by atoms with van der Waals surface area (Å²) < 4.78 is 0. The predicted octanol–water partition coefficient (Wildman–Crippen LogP) is 2.20. The lowest BCUT2D eigenvalue weighted by atomic mass is 9.93. The van der Waals surface area contributed by atoms with E-state index in [4.69, 9.17) is 0 Å². The third kappa shape index (κ3) is 2.38. The number of carbonyl (C=O) groups excluding carboxylic acids is 2. The van der Waals surface area contributed by atoms with Crippen LogP contribution in [-0.2, 0) is 9.59 Å². The molecule has 0 aromatic carbocycles. The van der Waals surface area contributed by atoms with Crippen LogP contribution in [0.15, 0.2) is 23.3 Å². The minimum atomic E-state index is -0.0526. The highest BCUT2D eigenvalue weighted by Gasteiger charge is 2.17. The molecule has 0 saturated heterocycles. The molecule has 2 heteroatoms. The van der Waals surface area contributed by atoms with Crippen LogP contribution in [-0.4, -0.2) is 11.6 Å². The van der Waals surface area contributed by atoms with Gasteiger partial charge in [-0.05, 0) is 31.9 Å². The molecule has 1 aliphatic carbocycles. The molecule has 0 atom stereocenters. The number of hydrogen-bond donors (Lipinski definition) is 0. The molecule has 13 heavy (non-hydrogen) atoms. The standard InChI is InChI=1S/C11H14O2/c1-3-4-5-9-7-10(12)6-8(2)11(9)13/h6-7H,3-5H2,1-2H3. The molecule has 0 radical (unpaired) electrons. The van der Waals surface area contributed by atoms with Crippen LogP contribution >= 0.6 is 0 Å². The van der Waals surface area contributed by atoms with Gasteiger partial charge in [-0.25, -0.2) is 0 Å². The smallest absolute Gasteiger partial charge is 0.184 e. The maximum absolute atomic E-state index is 11.5. The van der Waals surface area contributed by atoms with Crippen molar-refractivity contribution >= 4 is 11.6 Å². The first-order valence-electron chi connectivity index (χ1n) is 4.62. The average molecular weight is 178 g/mol. The Bertz CT molecular complexity index is 295. The normalized spacial score (nSPS) is 17.1. The van der Waals surface area contributed by atoms with Crippen LogP contribution in [0, 0.1) is 0 Å². The van der Waals surface area contributed by atoms with Gasteiger partial charge in [0.2, 0.25) is 0 Å². The largest absolute Gasteiger partial charge is 0.290 e. The molecular weight excluding hydrogens is 164 g/mol. The van der Waals surface area contributed by atoms with Crippen molar-refractivity contribution in [3.63, 3.8) is 0 Å². The first-order chi connectivity index (χ1) is 6.15. The van der Waals surface area contributed by atoms with E-state index >= 15 is 0 Å². The molecular formula is C11H14O2. The van der Waals surface area contributed by atoms with Crippen molar-refractivity contribution in [3.8, 4) is 0 Å². The summed E-state index contributed by atoms with van der Waals surface area (Å²) in [6, 6.07) is 0. The van der Waals surface area contributed by atoms with Gasteiger partial charge in [0.15, 0.2) is 11.6 Å². The second-order valence-electron chi connectivity index (χ2n) is 3.33. The zero-order valence-electron chi connectivity index (χ0n) is 8.09. The minimum absolute atomic E-state index is 0.0352. The van der Waals surface area contributed by atoms with Crippen LogP contribution in [0.5, 0.6) is 0 Å². The average Bonchev–Trinajstić information content (AvgIpc) is 2.09. The van der Waals surface area contributed by atoms with Crippen LogP contribution in [0.1, 0.15) is 33.1 Å². The molecule has 0 aromatic rings. The Kier molecular flexibility index (Phi) is 3.18. The molecule has 0 aromatic heterocycles. The molecule has 0 saturated carbocycles. The zero-order chi connectivity index (χ0) is 9.84. The predicted molar refractivity (Wildman–Crippen MR) is 51.4 cm³/mol. The van der Waals surface area contributed by atoms with E-state index in [-0.39, 0.29) is 11.6 Å². The lowest BCUT2D eigenvalue weighted by Gasteiger charge is -2.09. The van der Waals surface area contributed by atoms with E-state index in [1.54, 1.807) is 6.92 Å². The monoisotopic (exact) mass is 178 g/mol. The summed E-state index contributed by atoms with van der Waals surface area (Å²) in [5, 5.41) is 0. The number of Topliss-reactive ketones (excluding diaryl/α,β-unsaturated/α-hetero) is 1. The number of hydrogen-bond acceptors (Lipinski definition) is 2. The van der Waals surface area contributed by atoms with Crippen LogP contribution in [0.4, 0.5) is 0 Å². The van der Waals surface area contributed by atoms with E-state index in [1.165, 1.54) is 12.2 Å². The Balaban J connectivity index is 2.74. The van der Waals surface area contributed by atoms with Gasteiger partial charge in [-0.15, -0.1) is 0 Å². The van der Waals surface area contributed by atoms with Gasteiger partial charge in [0, 0.05) is 11.1 Å². The summed E-state index contributed by atoms with van der Waals surface area (Å²) in [6.45, 7) is 3.76. The summed E-state index contributed by atoms with van der Waals surface area (Å²) in [5.74, 6) is -0.0174. The van der Waals surface area contributed by atoms with Gasteiger partial charge < -0.3 is 0 Å². The molecule has 0 unspecified atom stereocenters. The Morgan fingerprint density at radius 3 is 2.54 bits per heavy atom. The van der Waals surface area contributed by atoms with Gasteiger partial charge in [0.25, 0.3) is 0 Å². The van der Waals surface area contributed by atoms with Gasteiger partial charge >= 0.3 is 0 Å². The SMILES string of the molecule is CCCCC1=CC(=O)C=C(C)C1=O. The van der Waals surface area contributed by atoms with E-state index < -0.39 is 0 Å². The molecule has 0 spiro atoms. The third-order valence-electron chi connectivity index (χ3n) is 2.12. The first kappa shape index (κ1) is 9.90. The molecule has 0 heterocycles. The second kappa shape index (κ2) is 4.17. The van der Waals surface area contributed by atoms with Crippen LogP contribution < -0.4 is 0 Å². The van der Waals surface area contributed by atoms with Crippen molar-refractivity contribution < 1.29 is 9.59 Å². The number of rotatable bonds is 3. The molecule has 0 N–H and O–H groups in total. The van der Waals surface area contributed by atoms with E-state index in [2.05, 4.69) is 6.92 Å². The summed E-state index contributed by atoms with van der Waals surface area (Å²) in [7, 11) is 0. The molecule has 1 rings (SSSR count). The zero-order valence-corrected chi connectivity index (χ0v) is 8.09. The molecule has 0 amide bonds. The van der Waals surface area contributed by atoms with Gasteiger partial charge in [0.05, 0.1) is 0 Å². The highest BCUT2D eigenvalue weighted by atomic mass is 16.1. The Labute approximate surface area is 78.3 Å². The van der Waals surface area contributed by atoms with Crippen molar-refractivity contribution in [2.75, 3.05) is 0 Å². The summed E-state index contributed by atoms with van der Waals surface area (Å²) in [5.41, 5.74) is 1.24. The molecule has 70 valence electrons. The Morgan fingerprint density at radius 1 is 1.23 bits per heavy atom. The molecule has 0 aliphatic heterocycles. The molecule has 2 nitrogen and oxygen atoms in total. The van der Waals surface area contributed by atoms with Crippen molar-refractivity contribution in [2.45, 2.75) is 33.1 Å². The van der Waals surface area contributed by atoms with E-state index in [0.717, 1.165) is 19.3 Å². The van der Waals surface area contributed by atoms with Crippen LogP contribution in [0.2, 0.25) is 0 Å². The van der Waals surface area contributed by atoms with Gasteiger partial charge in [-0.3, -0.25) is 9.59 Å².